The van der Waals surface area contributed by atoms with Crippen LogP contribution in [0.2, 0.25) is 0 Å². The van der Waals surface area contributed by atoms with Gasteiger partial charge in [-0.05, 0) is 135 Å². The smallest absolute Gasteiger partial charge is 0.306 e. The van der Waals surface area contributed by atoms with E-state index in [1.807, 2.05) is 0 Å². The van der Waals surface area contributed by atoms with E-state index in [1.165, 1.54) is 44.9 Å². The average Bonchev–Trinajstić information content (AvgIpc) is 3.32. The van der Waals surface area contributed by atoms with E-state index in [9.17, 15) is 9.59 Å². The van der Waals surface area contributed by atoms with Crippen LogP contribution in [0.25, 0.3) is 0 Å². The van der Waals surface area contributed by atoms with Crippen LogP contribution in [0.15, 0.2) is 134 Å². The number of ether oxygens (including phenoxy) is 3. The second kappa shape index (κ2) is 55.4. The number of unbranched alkanes of at least 4 members (excludes halogenated alkanes) is 14. The van der Waals surface area contributed by atoms with E-state index >= 15 is 0 Å². The van der Waals surface area contributed by atoms with Gasteiger partial charge >= 0.3 is 11.9 Å². The van der Waals surface area contributed by atoms with Gasteiger partial charge in [-0.1, -0.05) is 199 Å². The Labute approximate surface area is 407 Å². The van der Waals surface area contributed by atoms with Gasteiger partial charge in [0, 0.05) is 19.4 Å². The normalized spacial score (nSPS) is 13.3. The molecule has 0 fully saturated rings. The van der Waals surface area contributed by atoms with Gasteiger partial charge < -0.3 is 14.2 Å². The summed E-state index contributed by atoms with van der Waals surface area (Å²) in [6.07, 6.45) is 78.9. The molecule has 372 valence electrons. The molecule has 66 heavy (non-hydrogen) atoms. The standard InChI is InChI=1S/C61H98O5/c1-4-7-10-13-16-19-22-25-28-29-30-31-32-35-38-41-44-47-50-53-56-64-57-59(66-61(63)55-52-49-46-43-40-37-34-27-24-21-18-15-12-9-6-3)58-65-60(62)54-51-48-45-42-39-36-33-26-23-20-17-14-11-8-5-2/h7-8,10-11,16-21,25-28,30-31,33-35,38-39,42,59H,4-6,9,12-15,22-24,29,32,36-37,40-41,43-58H2,1-3H3/b10-7-,11-8-,19-16-,20-17-,21-18-,28-25-,31-30-,33-26-,34-27-,38-35-,42-39-. The molecule has 1 unspecified atom stereocenters. The maximum atomic E-state index is 12.8. The molecule has 0 radical (unpaired) electrons. The van der Waals surface area contributed by atoms with Crippen LogP contribution >= 0.6 is 0 Å². The lowest BCUT2D eigenvalue weighted by atomic mass is 10.1. The van der Waals surface area contributed by atoms with E-state index in [-0.39, 0.29) is 25.2 Å². The summed E-state index contributed by atoms with van der Waals surface area (Å²) in [4.78, 5) is 25.4. The maximum Gasteiger partial charge on any atom is 0.306 e. The molecule has 0 spiro atoms. The van der Waals surface area contributed by atoms with Crippen molar-refractivity contribution < 1.29 is 23.8 Å². The second-order valence-electron chi connectivity index (χ2n) is 17.0. The monoisotopic (exact) mass is 911 g/mol. The van der Waals surface area contributed by atoms with Gasteiger partial charge in [0.25, 0.3) is 0 Å². The third-order valence-electron chi connectivity index (χ3n) is 10.7. The Kier molecular flexibility index (Phi) is 52.0. The van der Waals surface area contributed by atoms with E-state index < -0.39 is 6.10 Å². The highest BCUT2D eigenvalue weighted by atomic mass is 16.6. The van der Waals surface area contributed by atoms with Crippen molar-refractivity contribution in [1.82, 2.24) is 0 Å². The molecule has 0 aliphatic heterocycles. The SMILES string of the molecule is CC/C=C\C/C=C\C/C=C\C/C=C\C/C=C\CCCCCCOCC(COC(=O)CCCC/C=C\C/C=C\C/C=C\C/C=C\CC)OC(=O)CCCCCCC/C=C\C/C=C\CCCCC. The second-order valence-corrected chi connectivity index (χ2v) is 17.0. The topological polar surface area (TPSA) is 61.8 Å². The summed E-state index contributed by atoms with van der Waals surface area (Å²) >= 11 is 0. The van der Waals surface area contributed by atoms with Crippen LogP contribution in [-0.2, 0) is 23.8 Å². The Hall–Kier alpha value is -3.96. The summed E-state index contributed by atoms with van der Waals surface area (Å²) in [6, 6.07) is 0. The molecule has 0 amide bonds. The zero-order chi connectivity index (χ0) is 47.7. The van der Waals surface area contributed by atoms with Crippen molar-refractivity contribution in [2.45, 2.75) is 219 Å². The van der Waals surface area contributed by atoms with Gasteiger partial charge in [0.15, 0.2) is 6.10 Å². The molecule has 1 atom stereocenters. The zero-order valence-electron chi connectivity index (χ0n) is 42.7. The maximum absolute atomic E-state index is 12.8. The van der Waals surface area contributed by atoms with Gasteiger partial charge in [-0.2, -0.15) is 0 Å². The van der Waals surface area contributed by atoms with Gasteiger partial charge in [-0.15, -0.1) is 0 Å². The minimum Gasteiger partial charge on any atom is -0.462 e. The molecule has 0 aromatic heterocycles. The first-order chi connectivity index (χ1) is 32.6. The van der Waals surface area contributed by atoms with E-state index in [2.05, 4.69) is 154 Å². The first-order valence-corrected chi connectivity index (χ1v) is 26.7. The summed E-state index contributed by atoms with van der Waals surface area (Å²) < 4.78 is 17.4. The lowest BCUT2D eigenvalue weighted by Crippen LogP contribution is -2.30. The van der Waals surface area contributed by atoms with Crippen LogP contribution in [0.4, 0.5) is 0 Å². The lowest BCUT2D eigenvalue weighted by Gasteiger charge is -2.18. The zero-order valence-corrected chi connectivity index (χ0v) is 42.7. The Morgan fingerprint density at radius 3 is 1.12 bits per heavy atom. The number of esters is 2. The van der Waals surface area contributed by atoms with Crippen LogP contribution in [0.5, 0.6) is 0 Å². The molecule has 0 aromatic carbocycles. The van der Waals surface area contributed by atoms with Gasteiger partial charge in [-0.3, -0.25) is 9.59 Å². The van der Waals surface area contributed by atoms with Crippen LogP contribution in [0.3, 0.4) is 0 Å². The number of carbonyl (C=O) groups is 2. The Balaban J connectivity index is 4.44. The minimum atomic E-state index is -0.584. The highest BCUT2D eigenvalue weighted by Gasteiger charge is 2.17. The molecule has 0 saturated carbocycles. The van der Waals surface area contributed by atoms with Gasteiger partial charge in [-0.25, -0.2) is 0 Å². The summed E-state index contributed by atoms with van der Waals surface area (Å²) in [6.45, 7) is 7.44. The van der Waals surface area contributed by atoms with Crippen molar-refractivity contribution in [3.05, 3.63) is 134 Å². The van der Waals surface area contributed by atoms with Crippen LogP contribution in [0, 0.1) is 0 Å². The molecule has 5 heteroatoms. The first-order valence-electron chi connectivity index (χ1n) is 26.7. The van der Waals surface area contributed by atoms with Crippen LogP contribution in [0.1, 0.15) is 213 Å². The molecular weight excluding hydrogens is 813 g/mol. The lowest BCUT2D eigenvalue weighted by molar-refractivity contribution is -0.163. The quantitative estimate of drug-likeness (QED) is 0.0346. The molecule has 0 heterocycles. The predicted molar refractivity (Wildman–Crippen MR) is 288 cm³/mol. The minimum absolute atomic E-state index is 0.0385. The van der Waals surface area contributed by atoms with Crippen molar-refractivity contribution in [2.24, 2.45) is 0 Å². The summed E-state index contributed by atoms with van der Waals surface area (Å²) in [5.41, 5.74) is 0. The summed E-state index contributed by atoms with van der Waals surface area (Å²) in [7, 11) is 0. The summed E-state index contributed by atoms with van der Waals surface area (Å²) in [5, 5.41) is 0. The average molecular weight is 911 g/mol. The number of allylic oxidation sites excluding steroid dienone is 22. The fourth-order valence-corrected chi connectivity index (χ4v) is 6.73. The predicted octanol–water partition coefficient (Wildman–Crippen LogP) is 18.3. The van der Waals surface area contributed by atoms with Crippen LogP contribution in [-0.4, -0.2) is 37.9 Å². The first kappa shape index (κ1) is 62.0. The largest absolute Gasteiger partial charge is 0.462 e. The molecule has 5 nitrogen and oxygen atoms in total. The number of carbonyl (C=O) groups excluding carboxylic acids is 2. The van der Waals surface area contributed by atoms with Crippen molar-refractivity contribution >= 4 is 11.9 Å². The molecule has 0 saturated heterocycles. The van der Waals surface area contributed by atoms with Gasteiger partial charge in [0.1, 0.15) is 6.61 Å². The Morgan fingerprint density at radius 2 is 0.682 bits per heavy atom. The van der Waals surface area contributed by atoms with Crippen molar-refractivity contribution in [1.29, 1.82) is 0 Å². The summed E-state index contributed by atoms with van der Waals surface area (Å²) in [5.74, 6) is -0.485. The van der Waals surface area contributed by atoms with Crippen molar-refractivity contribution in [3.8, 4) is 0 Å². The third-order valence-corrected chi connectivity index (χ3v) is 10.7. The van der Waals surface area contributed by atoms with Gasteiger partial charge in [0.05, 0.1) is 6.61 Å². The molecule has 0 rings (SSSR count). The van der Waals surface area contributed by atoms with E-state index in [4.69, 9.17) is 14.2 Å². The molecule has 0 aliphatic rings. The number of hydrogen-bond donors (Lipinski definition) is 0. The van der Waals surface area contributed by atoms with Gasteiger partial charge in [0.2, 0.25) is 0 Å². The Morgan fingerprint density at radius 1 is 0.348 bits per heavy atom. The molecule has 0 bridgehead atoms. The van der Waals surface area contributed by atoms with Crippen LogP contribution < -0.4 is 0 Å². The number of rotatable bonds is 47. The van der Waals surface area contributed by atoms with E-state index in [1.54, 1.807) is 0 Å². The molecule has 0 aromatic rings. The van der Waals surface area contributed by atoms with Crippen molar-refractivity contribution in [2.75, 3.05) is 19.8 Å². The fraction of sp³-hybridized carbons (Fsp3) is 0.607. The Bertz CT molecular complexity index is 1400. The highest BCUT2D eigenvalue weighted by molar-refractivity contribution is 5.70. The third kappa shape index (κ3) is 52.7. The number of hydrogen-bond acceptors (Lipinski definition) is 5. The highest BCUT2D eigenvalue weighted by Crippen LogP contribution is 2.12. The van der Waals surface area contributed by atoms with E-state index in [0.29, 0.717) is 19.4 Å². The molecular formula is C61H98O5. The fourth-order valence-electron chi connectivity index (χ4n) is 6.73. The molecule has 0 aliphatic carbocycles. The van der Waals surface area contributed by atoms with Crippen molar-refractivity contribution in [3.63, 3.8) is 0 Å². The molecule has 0 N–H and O–H groups in total. The van der Waals surface area contributed by atoms with E-state index in [0.717, 1.165) is 135 Å².